The number of aromatic carboxylic acids is 1. The van der Waals surface area contributed by atoms with E-state index in [2.05, 4.69) is 28.6 Å². The van der Waals surface area contributed by atoms with Crippen LogP contribution < -0.4 is 0 Å². The molecule has 0 amide bonds. The molecule has 7 nitrogen and oxygen atoms in total. The number of para-hydroxylation sites is 1. The van der Waals surface area contributed by atoms with Crippen LogP contribution in [0.15, 0.2) is 79.6 Å². The molecule has 2 aromatic carbocycles. The summed E-state index contributed by atoms with van der Waals surface area (Å²) in [4.78, 5) is 18.1. The third-order valence-corrected chi connectivity index (χ3v) is 8.91. The van der Waals surface area contributed by atoms with Gasteiger partial charge in [0.15, 0.2) is 0 Å². The average molecular weight is 608 g/mol. The standard InChI is InChI=1S/C19H22N2O.C15H14F3NO3/c1-2-13-12-21-10-8-14(13)11-18(21)19(22)16-7-9-20-17-6-4-3-5-15(16)17;1-9-11(14(21)22)8-19(6-7-20)13(9)10-4-2-3-5-12(10)15(16,17)18/h2-7,9,13-14,18-19,22H,1,8,10-12H2;2-5,8,20H,6-7H2,1H3,(H,21,22)/t13-,14-,18-,19+;/m0./s1. The molecule has 5 heterocycles. The van der Waals surface area contributed by atoms with E-state index in [1.54, 1.807) is 0 Å². The number of aliphatic hydroxyl groups is 2. The van der Waals surface area contributed by atoms with Crippen molar-refractivity contribution in [2.45, 2.75) is 44.6 Å². The number of hydrogen-bond donors (Lipinski definition) is 3. The molecule has 1 unspecified atom stereocenters. The maximum Gasteiger partial charge on any atom is 0.417 e. The fourth-order valence-corrected chi connectivity index (χ4v) is 6.74. The number of carboxylic acids is 1. The van der Waals surface area contributed by atoms with E-state index in [0.717, 1.165) is 42.0 Å². The van der Waals surface area contributed by atoms with Crippen molar-refractivity contribution < 1.29 is 33.3 Å². The Hall–Kier alpha value is -3.99. The van der Waals surface area contributed by atoms with Gasteiger partial charge in [0.05, 0.1) is 35.0 Å². The zero-order chi connectivity index (χ0) is 31.6. The highest BCUT2D eigenvalue weighted by atomic mass is 19.4. The van der Waals surface area contributed by atoms with Crippen LogP contribution in [0, 0.1) is 18.8 Å². The number of fused-ring (bicyclic) bond motifs is 4. The van der Waals surface area contributed by atoms with Crippen LogP contribution in [0.25, 0.3) is 22.2 Å². The van der Waals surface area contributed by atoms with Crippen molar-refractivity contribution in [1.82, 2.24) is 14.5 Å². The normalized spacial score (nSPS) is 21.9. The summed E-state index contributed by atoms with van der Waals surface area (Å²) in [5.74, 6) is 0.0431. The Morgan fingerprint density at radius 2 is 1.89 bits per heavy atom. The summed E-state index contributed by atoms with van der Waals surface area (Å²) in [6.07, 6.45) is 2.45. The summed E-state index contributed by atoms with van der Waals surface area (Å²) < 4.78 is 40.9. The second kappa shape index (κ2) is 12.9. The van der Waals surface area contributed by atoms with Gasteiger partial charge in [0.2, 0.25) is 0 Å². The van der Waals surface area contributed by atoms with Gasteiger partial charge in [-0.3, -0.25) is 9.88 Å². The number of rotatable bonds is 7. The molecular formula is C34H36F3N3O4. The van der Waals surface area contributed by atoms with E-state index < -0.39 is 23.8 Å². The number of halogens is 3. The lowest BCUT2D eigenvalue weighted by Gasteiger charge is -2.50. The predicted octanol–water partition coefficient (Wildman–Crippen LogP) is 6.34. The fraction of sp³-hybridized carbons (Fsp3) is 0.353. The van der Waals surface area contributed by atoms with Crippen molar-refractivity contribution >= 4 is 16.9 Å². The first-order chi connectivity index (χ1) is 21.0. The van der Waals surface area contributed by atoms with Crippen LogP contribution in [0.1, 0.15) is 46.0 Å². The van der Waals surface area contributed by atoms with E-state index in [1.165, 1.54) is 42.3 Å². The second-order valence-electron chi connectivity index (χ2n) is 11.4. The molecule has 7 rings (SSSR count). The van der Waals surface area contributed by atoms with E-state index in [-0.39, 0.29) is 41.6 Å². The van der Waals surface area contributed by atoms with E-state index in [9.17, 15) is 23.1 Å². The van der Waals surface area contributed by atoms with Crippen LogP contribution in [0.4, 0.5) is 13.2 Å². The Morgan fingerprint density at radius 3 is 2.55 bits per heavy atom. The minimum Gasteiger partial charge on any atom is -0.478 e. The first kappa shape index (κ1) is 31.4. The lowest BCUT2D eigenvalue weighted by atomic mass is 9.73. The van der Waals surface area contributed by atoms with Gasteiger partial charge >= 0.3 is 12.1 Å². The van der Waals surface area contributed by atoms with Crippen LogP contribution in [-0.4, -0.2) is 61.5 Å². The molecule has 0 radical (unpaired) electrons. The Balaban J connectivity index is 0.000000175. The molecule has 232 valence electrons. The van der Waals surface area contributed by atoms with Gasteiger partial charge in [-0.05, 0) is 67.5 Å². The summed E-state index contributed by atoms with van der Waals surface area (Å²) in [6, 6.07) is 15.3. The quantitative estimate of drug-likeness (QED) is 0.212. The smallest absolute Gasteiger partial charge is 0.417 e. The molecule has 3 fully saturated rings. The Kier molecular flexibility index (Phi) is 9.24. The third-order valence-electron chi connectivity index (χ3n) is 8.91. The molecule has 3 saturated heterocycles. The minimum atomic E-state index is -4.55. The molecule has 2 aromatic heterocycles. The molecular weight excluding hydrogens is 571 g/mol. The molecule has 3 aliphatic heterocycles. The number of alkyl halides is 3. The van der Waals surface area contributed by atoms with Crippen molar-refractivity contribution in [3.63, 3.8) is 0 Å². The number of pyridine rings is 1. The van der Waals surface area contributed by atoms with Gasteiger partial charge in [-0.25, -0.2) is 4.79 Å². The maximum atomic E-state index is 13.2. The first-order valence-electron chi connectivity index (χ1n) is 14.6. The van der Waals surface area contributed by atoms with Crippen LogP contribution in [0.5, 0.6) is 0 Å². The SMILES string of the molecule is C=C[C@H]1CN2CC[C@H]1C[C@H]2[C@H](O)c1ccnc2ccccc12.Cc1c(C(=O)O)cn(CCO)c1-c1ccccc1C(F)(F)F. The molecule has 4 aromatic rings. The van der Waals surface area contributed by atoms with Gasteiger partial charge in [-0.2, -0.15) is 13.2 Å². The lowest BCUT2D eigenvalue weighted by Crippen LogP contribution is -2.54. The summed E-state index contributed by atoms with van der Waals surface area (Å²) in [5.41, 5.74) is 1.33. The summed E-state index contributed by atoms with van der Waals surface area (Å²) in [6.45, 7) is 7.27. The van der Waals surface area contributed by atoms with Gasteiger partial charge in [-0.15, -0.1) is 6.58 Å². The molecule has 10 heteroatoms. The van der Waals surface area contributed by atoms with Crippen molar-refractivity contribution in [3.05, 3.63) is 102 Å². The number of piperidine rings is 3. The lowest BCUT2D eigenvalue weighted by molar-refractivity contribution is -0.137. The van der Waals surface area contributed by atoms with Crippen LogP contribution in [0.3, 0.4) is 0 Å². The molecule has 5 atom stereocenters. The number of hydrogen-bond acceptors (Lipinski definition) is 5. The number of nitrogens with zero attached hydrogens (tertiary/aromatic N) is 3. The van der Waals surface area contributed by atoms with Crippen LogP contribution in [0.2, 0.25) is 0 Å². The van der Waals surface area contributed by atoms with Gasteiger partial charge in [-0.1, -0.05) is 42.5 Å². The van der Waals surface area contributed by atoms with Gasteiger partial charge in [0, 0.05) is 42.5 Å². The Bertz CT molecular complexity index is 1650. The topological polar surface area (TPSA) is 98.8 Å². The average Bonchev–Trinajstić information content (AvgIpc) is 3.36. The van der Waals surface area contributed by atoms with E-state index in [1.807, 2.05) is 30.5 Å². The predicted molar refractivity (Wildman–Crippen MR) is 162 cm³/mol. The summed E-state index contributed by atoms with van der Waals surface area (Å²) >= 11 is 0. The molecule has 2 bridgehead atoms. The monoisotopic (exact) mass is 607 g/mol. The molecule has 0 aliphatic carbocycles. The zero-order valence-corrected chi connectivity index (χ0v) is 24.4. The fourth-order valence-electron chi connectivity index (χ4n) is 6.74. The number of aliphatic hydroxyl groups excluding tert-OH is 2. The molecule has 0 spiro atoms. The number of aromatic nitrogens is 2. The first-order valence-corrected chi connectivity index (χ1v) is 14.6. The summed E-state index contributed by atoms with van der Waals surface area (Å²) in [7, 11) is 0. The van der Waals surface area contributed by atoms with E-state index >= 15 is 0 Å². The number of benzene rings is 2. The van der Waals surface area contributed by atoms with E-state index in [4.69, 9.17) is 10.2 Å². The minimum absolute atomic E-state index is 0.00957. The molecule has 3 aliphatic rings. The van der Waals surface area contributed by atoms with Crippen LogP contribution in [-0.2, 0) is 12.7 Å². The van der Waals surface area contributed by atoms with Crippen molar-refractivity contribution in [2.24, 2.45) is 11.8 Å². The molecule has 44 heavy (non-hydrogen) atoms. The largest absolute Gasteiger partial charge is 0.478 e. The Morgan fingerprint density at radius 1 is 1.16 bits per heavy atom. The van der Waals surface area contributed by atoms with Gasteiger partial charge in [0.1, 0.15) is 0 Å². The van der Waals surface area contributed by atoms with Crippen LogP contribution >= 0.6 is 0 Å². The number of carbonyl (C=O) groups is 1. The Labute approximate surface area is 253 Å². The van der Waals surface area contributed by atoms with Gasteiger partial charge in [0.25, 0.3) is 0 Å². The van der Waals surface area contributed by atoms with Gasteiger partial charge < -0.3 is 19.9 Å². The molecule has 3 N–H and O–H groups in total. The van der Waals surface area contributed by atoms with E-state index in [0.29, 0.717) is 11.8 Å². The highest BCUT2D eigenvalue weighted by Gasteiger charge is 2.42. The highest BCUT2D eigenvalue weighted by Crippen LogP contribution is 2.42. The highest BCUT2D eigenvalue weighted by molar-refractivity contribution is 5.92. The maximum absolute atomic E-state index is 13.2. The van der Waals surface area contributed by atoms with Crippen molar-refractivity contribution in [2.75, 3.05) is 19.7 Å². The molecule has 0 saturated carbocycles. The zero-order valence-electron chi connectivity index (χ0n) is 24.4. The second-order valence-corrected chi connectivity index (χ2v) is 11.4. The van der Waals surface area contributed by atoms with Crippen molar-refractivity contribution in [3.8, 4) is 11.3 Å². The summed E-state index contributed by atoms with van der Waals surface area (Å²) in [5, 5.41) is 30.3. The third kappa shape index (κ3) is 6.15. The van der Waals surface area contributed by atoms with Crippen molar-refractivity contribution in [1.29, 1.82) is 0 Å². The number of carboxylic acid groups (broad SMARTS) is 1.